The molecule has 2 N–H and O–H groups in total. The quantitative estimate of drug-likeness (QED) is 0.835. The van der Waals surface area contributed by atoms with Gasteiger partial charge >= 0.3 is 0 Å². The highest BCUT2D eigenvalue weighted by Crippen LogP contribution is 2.28. The van der Waals surface area contributed by atoms with Crippen LogP contribution < -0.4 is 5.73 Å². The number of hydrogen-bond acceptors (Lipinski definition) is 5. The van der Waals surface area contributed by atoms with Crippen molar-refractivity contribution in [2.24, 2.45) is 11.7 Å². The lowest BCUT2D eigenvalue weighted by Gasteiger charge is -2.28. The molecule has 5 heterocycles. The summed E-state index contributed by atoms with van der Waals surface area (Å²) in [5.74, 6) is 0.422. The first-order valence-corrected chi connectivity index (χ1v) is 10.6. The van der Waals surface area contributed by atoms with Gasteiger partial charge in [0.05, 0.1) is 34.5 Å². The molecule has 7 nitrogen and oxygen atoms in total. The maximum absolute atomic E-state index is 13.2. The van der Waals surface area contributed by atoms with Gasteiger partial charge in [-0.05, 0) is 57.0 Å². The molecule has 158 valence electrons. The standard InChI is InChI=1S/C24H26N6O/c1-16-13-30-23(17(2)26-16)11-22(27-30)19-4-3-5-20-6-7-21(15-29(20)24(31)10-19)28-9-8-18(12-25)14-28/h3-7,10-11,13,15,18H,8-9,12,14,25H2,1-2H3/b4-3+,19-10+,20-5+/t18-/m1/s1. The predicted octanol–water partition coefficient (Wildman–Crippen LogP) is 2.70. The maximum atomic E-state index is 13.2. The van der Waals surface area contributed by atoms with Crippen LogP contribution in [0.15, 0.2) is 66.3 Å². The van der Waals surface area contributed by atoms with Crippen LogP contribution in [0.25, 0.3) is 11.1 Å². The Hall–Kier alpha value is -3.45. The zero-order valence-electron chi connectivity index (χ0n) is 17.8. The third kappa shape index (κ3) is 3.61. The van der Waals surface area contributed by atoms with Crippen molar-refractivity contribution in [1.29, 1.82) is 0 Å². The first-order valence-electron chi connectivity index (χ1n) is 10.6. The van der Waals surface area contributed by atoms with E-state index in [1.54, 1.807) is 11.0 Å². The molecule has 31 heavy (non-hydrogen) atoms. The highest BCUT2D eigenvalue weighted by molar-refractivity contribution is 5.99. The fraction of sp³-hybridized carbons (Fsp3) is 0.292. The lowest BCUT2D eigenvalue weighted by molar-refractivity contribution is -0.122. The first kappa shape index (κ1) is 19.5. The number of amides is 1. The van der Waals surface area contributed by atoms with E-state index in [-0.39, 0.29) is 5.91 Å². The molecule has 0 radical (unpaired) electrons. The Morgan fingerprint density at radius 1 is 1.19 bits per heavy atom. The van der Waals surface area contributed by atoms with Gasteiger partial charge in [-0.25, -0.2) is 4.52 Å². The van der Waals surface area contributed by atoms with Gasteiger partial charge in [0.25, 0.3) is 5.91 Å². The Kier molecular flexibility index (Phi) is 4.82. The van der Waals surface area contributed by atoms with Crippen LogP contribution in [0.2, 0.25) is 0 Å². The topological polar surface area (TPSA) is 79.8 Å². The summed E-state index contributed by atoms with van der Waals surface area (Å²) in [6.45, 7) is 6.52. The second-order valence-electron chi connectivity index (χ2n) is 8.31. The highest BCUT2D eigenvalue weighted by Gasteiger charge is 2.26. The Labute approximate surface area is 181 Å². The van der Waals surface area contributed by atoms with Crippen LogP contribution >= 0.6 is 0 Å². The Bertz CT molecular complexity index is 1210. The summed E-state index contributed by atoms with van der Waals surface area (Å²) in [5.41, 5.74) is 12.0. The van der Waals surface area contributed by atoms with Crippen molar-refractivity contribution in [3.63, 3.8) is 0 Å². The average Bonchev–Trinajstić information content (AvgIpc) is 3.39. The van der Waals surface area contributed by atoms with E-state index in [2.05, 4.69) is 21.1 Å². The molecule has 3 aliphatic heterocycles. The minimum Gasteiger partial charge on any atom is -0.370 e. The normalized spacial score (nSPS) is 25.5. The molecule has 3 aliphatic rings. The summed E-state index contributed by atoms with van der Waals surface area (Å²) in [6, 6.07) is 1.98. The number of hydrogen-bond donors (Lipinski definition) is 1. The molecular weight excluding hydrogens is 388 g/mol. The number of carbonyl (C=O) groups is 1. The number of nitrogens with two attached hydrogens (primary N) is 1. The zero-order valence-corrected chi connectivity index (χ0v) is 17.8. The number of carbonyl (C=O) groups excluding carboxylic acids is 1. The van der Waals surface area contributed by atoms with Crippen LogP contribution in [0, 0.1) is 19.8 Å². The number of rotatable bonds is 3. The van der Waals surface area contributed by atoms with E-state index < -0.39 is 0 Å². The largest absolute Gasteiger partial charge is 0.370 e. The molecule has 2 aromatic heterocycles. The van der Waals surface area contributed by atoms with E-state index in [1.807, 2.05) is 61.1 Å². The molecule has 0 aromatic carbocycles. The molecule has 2 aromatic rings. The molecule has 1 atom stereocenters. The average molecular weight is 415 g/mol. The minimum absolute atomic E-state index is 0.0925. The van der Waals surface area contributed by atoms with Crippen LogP contribution in [0.4, 0.5) is 0 Å². The van der Waals surface area contributed by atoms with E-state index in [9.17, 15) is 4.79 Å². The van der Waals surface area contributed by atoms with E-state index in [4.69, 9.17) is 5.73 Å². The highest BCUT2D eigenvalue weighted by atomic mass is 16.2. The molecule has 1 amide bonds. The molecule has 7 heteroatoms. The lowest BCUT2D eigenvalue weighted by Crippen LogP contribution is -2.30. The van der Waals surface area contributed by atoms with Crippen LogP contribution in [0.1, 0.15) is 23.5 Å². The van der Waals surface area contributed by atoms with Crippen LogP contribution in [-0.4, -0.2) is 49.9 Å². The van der Waals surface area contributed by atoms with Crippen molar-refractivity contribution in [3.05, 3.63) is 83.4 Å². The molecule has 0 bridgehead atoms. The smallest absolute Gasteiger partial charge is 0.255 e. The second-order valence-corrected chi connectivity index (χ2v) is 8.31. The number of likely N-dealkylation sites (tertiary alicyclic amines) is 1. The SMILES string of the molecule is Cc1cn2nc(C3=C\C(=O)N4C=C(N5CC[C@H](CN)C5)C=C\C4=C/C=C/3)cc2c(C)n1. The molecule has 1 fully saturated rings. The zero-order chi connectivity index (χ0) is 21.5. The van der Waals surface area contributed by atoms with Crippen LogP contribution in [0.3, 0.4) is 0 Å². The van der Waals surface area contributed by atoms with Crippen LogP contribution in [0.5, 0.6) is 0 Å². The summed E-state index contributed by atoms with van der Waals surface area (Å²) in [5, 5.41) is 4.68. The van der Waals surface area contributed by atoms with E-state index in [0.717, 1.165) is 59.1 Å². The Balaban J connectivity index is 1.48. The fourth-order valence-corrected chi connectivity index (χ4v) is 4.37. The summed E-state index contributed by atoms with van der Waals surface area (Å²) in [4.78, 5) is 21.7. The van der Waals surface area contributed by atoms with E-state index >= 15 is 0 Å². The van der Waals surface area contributed by atoms with Gasteiger partial charge in [0.2, 0.25) is 0 Å². The Morgan fingerprint density at radius 3 is 2.84 bits per heavy atom. The third-order valence-corrected chi connectivity index (χ3v) is 6.06. The lowest BCUT2D eigenvalue weighted by atomic mass is 10.1. The number of aryl methyl sites for hydroxylation is 2. The van der Waals surface area contributed by atoms with Crippen molar-refractivity contribution in [3.8, 4) is 0 Å². The predicted molar refractivity (Wildman–Crippen MR) is 120 cm³/mol. The van der Waals surface area contributed by atoms with Crippen molar-refractivity contribution in [2.45, 2.75) is 20.3 Å². The van der Waals surface area contributed by atoms with Crippen molar-refractivity contribution in [1.82, 2.24) is 24.4 Å². The number of aromatic nitrogens is 3. The molecule has 0 aliphatic carbocycles. The van der Waals surface area contributed by atoms with E-state index in [0.29, 0.717) is 12.5 Å². The first-order chi connectivity index (χ1) is 15.0. The molecule has 5 rings (SSSR count). The summed E-state index contributed by atoms with van der Waals surface area (Å²) >= 11 is 0. The minimum atomic E-state index is -0.0925. The van der Waals surface area contributed by atoms with Gasteiger partial charge in [0.15, 0.2) is 0 Å². The third-order valence-electron chi connectivity index (χ3n) is 6.06. The van der Waals surface area contributed by atoms with Gasteiger partial charge in [0.1, 0.15) is 0 Å². The van der Waals surface area contributed by atoms with E-state index in [1.165, 1.54) is 0 Å². The monoisotopic (exact) mass is 414 g/mol. The van der Waals surface area contributed by atoms with Gasteiger partial charge in [-0.3, -0.25) is 14.7 Å². The Morgan fingerprint density at radius 2 is 2.03 bits per heavy atom. The van der Waals surface area contributed by atoms with Gasteiger partial charge < -0.3 is 10.6 Å². The molecule has 0 unspecified atom stereocenters. The maximum Gasteiger partial charge on any atom is 0.255 e. The second kappa shape index (κ2) is 7.67. The van der Waals surface area contributed by atoms with Gasteiger partial charge in [-0.1, -0.05) is 12.2 Å². The summed E-state index contributed by atoms with van der Waals surface area (Å²) in [6.07, 6.45) is 16.5. The summed E-state index contributed by atoms with van der Waals surface area (Å²) in [7, 11) is 0. The van der Waals surface area contributed by atoms with Gasteiger partial charge in [0, 0.05) is 36.6 Å². The number of allylic oxidation sites excluding steroid dienone is 6. The molecule has 0 spiro atoms. The summed E-state index contributed by atoms with van der Waals surface area (Å²) < 4.78 is 1.83. The van der Waals surface area contributed by atoms with Crippen molar-refractivity contribution < 1.29 is 4.79 Å². The molecule has 0 saturated carbocycles. The van der Waals surface area contributed by atoms with Crippen molar-refractivity contribution in [2.75, 3.05) is 19.6 Å². The van der Waals surface area contributed by atoms with Crippen molar-refractivity contribution >= 4 is 17.0 Å². The van der Waals surface area contributed by atoms with Crippen LogP contribution in [-0.2, 0) is 4.79 Å². The van der Waals surface area contributed by atoms with Gasteiger partial charge in [-0.15, -0.1) is 0 Å². The number of fused-ring (bicyclic) bond motifs is 2. The molecular formula is C24H26N6O. The fourth-order valence-electron chi connectivity index (χ4n) is 4.37. The van der Waals surface area contributed by atoms with Gasteiger partial charge in [-0.2, -0.15) is 5.10 Å². The molecule has 1 saturated heterocycles. The number of nitrogens with zero attached hydrogens (tertiary/aromatic N) is 5.